The molecule has 0 amide bonds. The second kappa shape index (κ2) is 7.79. The molecule has 5 heteroatoms. The van der Waals surface area contributed by atoms with Crippen LogP contribution in [0.2, 0.25) is 0 Å². The van der Waals surface area contributed by atoms with Crippen LogP contribution in [0.25, 0.3) is 0 Å². The van der Waals surface area contributed by atoms with Crippen LogP contribution >= 0.6 is 0 Å². The van der Waals surface area contributed by atoms with E-state index in [0.29, 0.717) is 0 Å². The number of nitrogens with one attached hydrogen (secondary N) is 1. The summed E-state index contributed by atoms with van der Waals surface area (Å²) in [6, 6.07) is 6.67. The molecule has 0 unspecified atom stereocenters. The molecule has 0 fully saturated rings. The highest BCUT2D eigenvalue weighted by Gasteiger charge is 2.03. The van der Waals surface area contributed by atoms with Gasteiger partial charge in [0.15, 0.2) is 0 Å². The molecule has 0 aliphatic carbocycles. The van der Waals surface area contributed by atoms with E-state index >= 15 is 0 Å². The zero-order chi connectivity index (χ0) is 13.4. The fourth-order valence-electron chi connectivity index (χ4n) is 1.75. The summed E-state index contributed by atoms with van der Waals surface area (Å²) in [6.45, 7) is 9.14. The summed E-state index contributed by atoms with van der Waals surface area (Å²) >= 11 is 0. The van der Waals surface area contributed by atoms with Crippen molar-refractivity contribution >= 4 is 5.69 Å². The van der Waals surface area contributed by atoms with E-state index in [0.717, 1.165) is 38.3 Å². The molecule has 0 saturated carbocycles. The van der Waals surface area contributed by atoms with E-state index in [1.165, 1.54) is 0 Å². The van der Waals surface area contributed by atoms with E-state index in [2.05, 4.69) is 24.1 Å². The largest absolute Gasteiger partial charge is 0.311 e. The Labute approximate surface area is 108 Å². The van der Waals surface area contributed by atoms with Gasteiger partial charge in [0.1, 0.15) is 0 Å². The predicted molar refractivity (Wildman–Crippen MR) is 72.6 cm³/mol. The fourth-order valence-corrected chi connectivity index (χ4v) is 1.75. The van der Waals surface area contributed by atoms with Gasteiger partial charge < -0.3 is 10.2 Å². The number of hydrogen-bond acceptors (Lipinski definition) is 4. The quantitative estimate of drug-likeness (QED) is 0.436. The molecule has 0 atom stereocenters. The first-order valence-electron chi connectivity index (χ1n) is 6.33. The van der Waals surface area contributed by atoms with Gasteiger partial charge in [0.25, 0.3) is 5.69 Å². The number of nitro benzene ring substituents is 1. The van der Waals surface area contributed by atoms with Crippen LogP contribution in [-0.4, -0.2) is 36.0 Å². The van der Waals surface area contributed by atoms with Crippen molar-refractivity contribution < 1.29 is 4.92 Å². The Hall–Kier alpha value is -1.46. The standard InChI is InChI=1S/C13H21N3O2/c1-3-15(4-2)10-9-14-11-12-5-7-13(8-6-12)16(17)18/h5-8,14H,3-4,9-11H2,1-2H3. The molecule has 0 aromatic heterocycles. The minimum atomic E-state index is -0.377. The van der Waals surface area contributed by atoms with Crippen LogP contribution in [0.1, 0.15) is 19.4 Å². The lowest BCUT2D eigenvalue weighted by Crippen LogP contribution is -2.31. The third-order valence-electron chi connectivity index (χ3n) is 2.98. The minimum Gasteiger partial charge on any atom is -0.311 e. The Kier molecular flexibility index (Phi) is 6.32. The molecule has 1 N–H and O–H groups in total. The molecule has 100 valence electrons. The molecule has 5 nitrogen and oxygen atoms in total. The van der Waals surface area contributed by atoms with Crippen molar-refractivity contribution in [2.45, 2.75) is 20.4 Å². The number of benzene rings is 1. The Bertz CT molecular complexity index is 361. The maximum Gasteiger partial charge on any atom is 0.269 e. The lowest BCUT2D eigenvalue weighted by atomic mass is 10.2. The molecular formula is C13H21N3O2. The van der Waals surface area contributed by atoms with Gasteiger partial charge in [-0.3, -0.25) is 10.1 Å². The summed E-state index contributed by atoms with van der Waals surface area (Å²) in [4.78, 5) is 12.5. The fraction of sp³-hybridized carbons (Fsp3) is 0.538. The molecule has 0 spiro atoms. The lowest BCUT2D eigenvalue weighted by molar-refractivity contribution is -0.384. The molecule has 0 bridgehead atoms. The van der Waals surface area contributed by atoms with Gasteiger partial charge in [-0.1, -0.05) is 26.0 Å². The van der Waals surface area contributed by atoms with E-state index in [-0.39, 0.29) is 10.6 Å². The van der Waals surface area contributed by atoms with Crippen LogP contribution in [0.15, 0.2) is 24.3 Å². The van der Waals surface area contributed by atoms with Gasteiger partial charge in [0.2, 0.25) is 0 Å². The Morgan fingerprint density at radius 1 is 1.22 bits per heavy atom. The topological polar surface area (TPSA) is 58.4 Å². The van der Waals surface area contributed by atoms with E-state index in [4.69, 9.17) is 0 Å². The van der Waals surface area contributed by atoms with E-state index in [1.54, 1.807) is 24.3 Å². The summed E-state index contributed by atoms with van der Waals surface area (Å²) in [5.74, 6) is 0. The minimum absolute atomic E-state index is 0.141. The van der Waals surface area contributed by atoms with E-state index < -0.39 is 0 Å². The van der Waals surface area contributed by atoms with E-state index in [9.17, 15) is 10.1 Å². The summed E-state index contributed by atoms with van der Waals surface area (Å²) < 4.78 is 0. The van der Waals surface area contributed by atoms with Gasteiger partial charge >= 0.3 is 0 Å². The van der Waals surface area contributed by atoms with Crippen molar-refractivity contribution in [3.8, 4) is 0 Å². The first-order valence-corrected chi connectivity index (χ1v) is 6.33. The van der Waals surface area contributed by atoms with Crippen LogP contribution in [0, 0.1) is 10.1 Å². The number of non-ortho nitro benzene ring substituents is 1. The maximum absolute atomic E-state index is 10.5. The van der Waals surface area contributed by atoms with Crippen molar-refractivity contribution in [3.05, 3.63) is 39.9 Å². The zero-order valence-corrected chi connectivity index (χ0v) is 11.1. The van der Waals surface area contributed by atoms with Crippen molar-refractivity contribution in [3.63, 3.8) is 0 Å². The van der Waals surface area contributed by atoms with Crippen LogP contribution < -0.4 is 5.32 Å². The second-order valence-corrected chi connectivity index (χ2v) is 4.13. The van der Waals surface area contributed by atoms with Crippen LogP contribution in [-0.2, 0) is 6.54 Å². The molecule has 1 rings (SSSR count). The average Bonchev–Trinajstić information content (AvgIpc) is 2.39. The second-order valence-electron chi connectivity index (χ2n) is 4.13. The normalized spacial score (nSPS) is 10.8. The van der Waals surface area contributed by atoms with Gasteiger partial charge in [-0.05, 0) is 18.7 Å². The SMILES string of the molecule is CCN(CC)CCNCc1ccc([N+](=O)[O-])cc1. The number of hydrogen-bond donors (Lipinski definition) is 1. The summed E-state index contributed by atoms with van der Waals surface area (Å²) in [5.41, 5.74) is 1.21. The third kappa shape index (κ3) is 4.81. The predicted octanol–water partition coefficient (Wildman–Crippen LogP) is 2.03. The highest BCUT2D eigenvalue weighted by Crippen LogP contribution is 2.11. The molecule has 0 aliphatic rings. The Morgan fingerprint density at radius 2 is 1.83 bits per heavy atom. The van der Waals surface area contributed by atoms with Crippen LogP contribution in [0.5, 0.6) is 0 Å². The lowest BCUT2D eigenvalue weighted by Gasteiger charge is -2.17. The Balaban J connectivity index is 2.29. The zero-order valence-electron chi connectivity index (χ0n) is 11.1. The summed E-state index contributed by atoms with van der Waals surface area (Å²) in [5, 5.41) is 13.8. The molecule has 0 radical (unpaired) electrons. The Morgan fingerprint density at radius 3 is 2.33 bits per heavy atom. The molecule has 1 aromatic rings. The maximum atomic E-state index is 10.5. The smallest absolute Gasteiger partial charge is 0.269 e. The molecule has 1 aromatic carbocycles. The third-order valence-corrected chi connectivity index (χ3v) is 2.98. The number of likely N-dealkylation sites (N-methyl/N-ethyl adjacent to an activating group) is 1. The van der Waals surface area contributed by atoms with Gasteiger partial charge in [0, 0.05) is 31.8 Å². The number of nitrogens with zero attached hydrogens (tertiary/aromatic N) is 2. The first kappa shape index (κ1) is 14.6. The van der Waals surface area contributed by atoms with E-state index in [1.807, 2.05) is 0 Å². The van der Waals surface area contributed by atoms with Gasteiger partial charge in [-0.25, -0.2) is 0 Å². The molecule has 18 heavy (non-hydrogen) atoms. The highest BCUT2D eigenvalue weighted by atomic mass is 16.6. The van der Waals surface area contributed by atoms with Crippen LogP contribution in [0.4, 0.5) is 5.69 Å². The molecule has 0 heterocycles. The van der Waals surface area contributed by atoms with Crippen LogP contribution in [0.3, 0.4) is 0 Å². The highest BCUT2D eigenvalue weighted by molar-refractivity contribution is 5.32. The van der Waals surface area contributed by atoms with Crippen molar-refractivity contribution in [2.24, 2.45) is 0 Å². The number of nitro groups is 1. The average molecular weight is 251 g/mol. The number of rotatable bonds is 8. The summed E-state index contributed by atoms with van der Waals surface area (Å²) in [6.07, 6.45) is 0. The molecule has 0 saturated heterocycles. The van der Waals surface area contributed by atoms with Crippen molar-refractivity contribution in [2.75, 3.05) is 26.2 Å². The van der Waals surface area contributed by atoms with Crippen molar-refractivity contribution in [1.82, 2.24) is 10.2 Å². The monoisotopic (exact) mass is 251 g/mol. The van der Waals surface area contributed by atoms with Gasteiger partial charge in [-0.2, -0.15) is 0 Å². The van der Waals surface area contributed by atoms with Gasteiger partial charge in [0.05, 0.1) is 4.92 Å². The van der Waals surface area contributed by atoms with Crippen molar-refractivity contribution in [1.29, 1.82) is 0 Å². The van der Waals surface area contributed by atoms with Gasteiger partial charge in [-0.15, -0.1) is 0 Å². The molecule has 0 aliphatic heterocycles. The summed E-state index contributed by atoms with van der Waals surface area (Å²) in [7, 11) is 0. The first-order chi connectivity index (χ1) is 8.67. The molecular weight excluding hydrogens is 230 g/mol.